The summed E-state index contributed by atoms with van der Waals surface area (Å²) in [7, 11) is 0. The molecular formula is C19H21NO3. The molecule has 1 aliphatic rings. The van der Waals surface area contributed by atoms with E-state index in [2.05, 4.69) is 18.3 Å². The molecule has 0 bridgehead atoms. The molecule has 0 fully saturated rings. The molecule has 23 heavy (non-hydrogen) atoms. The number of carbonyl (C=O) groups is 1. The molecule has 4 nitrogen and oxygen atoms in total. The van der Waals surface area contributed by atoms with Crippen molar-refractivity contribution < 1.29 is 14.3 Å². The van der Waals surface area contributed by atoms with Gasteiger partial charge in [-0.15, -0.1) is 0 Å². The first-order valence-corrected chi connectivity index (χ1v) is 7.92. The van der Waals surface area contributed by atoms with Crippen molar-refractivity contribution in [1.82, 2.24) is 5.32 Å². The number of nitrogens with one attached hydrogen (secondary N) is 1. The van der Waals surface area contributed by atoms with Crippen LogP contribution in [-0.2, 0) is 17.8 Å². The monoisotopic (exact) mass is 311 g/mol. The van der Waals surface area contributed by atoms with Crippen LogP contribution in [0.4, 0.5) is 0 Å². The van der Waals surface area contributed by atoms with Gasteiger partial charge in [0.05, 0.1) is 0 Å². The predicted octanol–water partition coefficient (Wildman–Crippen LogP) is 3.02. The largest absolute Gasteiger partial charge is 0.486 e. The van der Waals surface area contributed by atoms with E-state index in [1.807, 2.05) is 36.4 Å². The van der Waals surface area contributed by atoms with Gasteiger partial charge in [0.25, 0.3) is 0 Å². The van der Waals surface area contributed by atoms with Crippen molar-refractivity contribution in [2.75, 3.05) is 13.2 Å². The Morgan fingerprint density at radius 1 is 1.09 bits per heavy atom. The first-order chi connectivity index (χ1) is 11.2. The van der Waals surface area contributed by atoms with Crippen LogP contribution in [-0.4, -0.2) is 19.1 Å². The van der Waals surface area contributed by atoms with E-state index in [4.69, 9.17) is 9.47 Å². The van der Waals surface area contributed by atoms with Gasteiger partial charge in [-0.25, -0.2) is 0 Å². The maximum absolute atomic E-state index is 12.0. The lowest BCUT2D eigenvalue weighted by Gasteiger charge is -2.18. The quantitative estimate of drug-likeness (QED) is 0.923. The topological polar surface area (TPSA) is 47.6 Å². The van der Waals surface area contributed by atoms with Gasteiger partial charge in [0, 0.05) is 13.0 Å². The second kappa shape index (κ2) is 7.18. The van der Waals surface area contributed by atoms with Crippen molar-refractivity contribution in [2.24, 2.45) is 0 Å². The summed E-state index contributed by atoms with van der Waals surface area (Å²) in [4.78, 5) is 12.0. The van der Waals surface area contributed by atoms with Gasteiger partial charge in [-0.2, -0.15) is 0 Å². The maximum Gasteiger partial charge on any atom is 0.220 e. The lowest BCUT2D eigenvalue weighted by molar-refractivity contribution is -0.121. The van der Waals surface area contributed by atoms with Crippen molar-refractivity contribution in [3.8, 4) is 11.5 Å². The standard InChI is InChI=1S/C19H21NO3/c1-14-4-2-3-5-16(14)13-20-19(21)9-7-15-6-8-17-18(12-15)23-11-10-22-17/h2-6,8,12H,7,9-11,13H2,1H3,(H,20,21). The van der Waals surface area contributed by atoms with Gasteiger partial charge in [0.15, 0.2) is 11.5 Å². The normalized spacial score (nSPS) is 12.7. The molecule has 0 spiro atoms. The molecule has 0 saturated carbocycles. The van der Waals surface area contributed by atoms with Gasteiger partial charge >= 0.3 is 0 Å². The number of benzene rings is 2. The third-order valence-corrected chi connectivity index (χ3v) is 3.98. The highest BCUT2D eigenvalue weighted by Crippen LogP contribution is 2.31. The summed E-state index contributed by atoms with van der Waals surface area (Å²) in [5.74, 6) is 1.61. The van der Waals surface area contributed by atoms with Crippen LogP contribution in [0.2, 0.25) is 0 Å². The van der Waals surface area contributed by atoms with Gasteiger partial charge in [0.2, 0.25) is 5.91 Å². The van der Waals surface area contributed by atoms with Gasteiger partial charge in [0.1, 0.15) is 13.2 Å². The molecule has 0 aliphatic carbocycles. The third kappa shape index (κ3) is 4.03. The summed E-state index contributed by atoms with van der Waals surface area (Å²) in [6.07, 6.45) is 1.15. The Kier molecular flexibility index (Phi) is 4.81. The summed E-state index contributed by atoms with van der Waals surface area (Å²) in [6, 6.07) is 13.9. The van der Waals surface area contributed by atoms with Gasteiger partial charge in [-0.1, -0.05) is 30.3 Å². The minimum absolute atomic E-state index is 0.0585. The fourth-order valence-corrected chi connectivity index (χ4v) is 2.59. The average molecular weight is 311 g/mol. The van der Waals surface area contributed by atoms with Crippen LogP contribution in [0, 0.1) is 6.92 Å². The highest BCUT2D eigenvalue weighted by molar-refractivity contribution is 5.76. The lowest BCUT2D eigenvalue weighted by atomic mass is 10.1. The number of carbonyl (C=O) groups excluding carboxylic acids is 1. The van der Waals surface area contributed by atoms with Crippen molar-refractivity contribution >= 4 is 5.91 Å². The zero-order valence-corrected chi connectivity index (χ0v) is 13.3. The minimum Gasteiger partial charge on any atom is -0.486 e. The summed E-state index contributed by atoms with van der Waals surface area (Å²) in [6.45, 7) is 3.80. The molecule has 0 unspecified atom stereocenters. The molecular weight excluding hydrogens is 290 g/mol. The Morgan fingerprint density at radius 2 is 1.87 bits per heavy atom. The number of ether oxygens (including phenoxy) is 2. The van der Waals surface area contributed by atoms with E-state index in [1.165, 1.54) is 5.56 Å². The zero-order chi connectivity index (χ0) is 16.1. The molecule has 1 N–H and O–H groups in total. The van der Waals surface area contributed by atoms with E-state index >= 15 is 0 Å². The molecule has 0 saturated heterocycles. The SMILES string of the molecule is Cc1ccccc1CNC(=O)CCc1ccc2c(c1)OCCO2. The molecule has 120 valence electrons. The molecule has 1 amide bonds. The summed E-state index contributed by atoms with van der Waals surface area (Å²) in [5.41, 5.74) is 3.43. The molecule has 2 aromatic rings. The van der Waals surface area contributed by atoms with Crippen LogP contribution < -0.4 is 14.8 Å². The van der Waals surface area contributed by atoms with E-state index in [1.54, 1.807) is 0 Å². The summed E-state index contributed by atoms with van der Waals surface area (Å²) in [5, 5.41) is 2.98. The van der Waals surface area contributed by atoms with Crippen molar-refractivity contribution in [2.45, 2.75) is 26.3 Å². The van der Waals surface area contributed by atoms with Crippen LogP contribution in [0.25, 0.3) is 0 Å². The van der Waals surface area contributed by atoms with E-state index in [0.717, 1.165) is 22.6 Å². The first kappa shape index (κ1) is 15.4. The van der Waals surface area contributed by atoms with E-state index in [0.29, 0.717) is 32.6 Å². The second-order valence-electron chi connectivity index (χ2n) is 5.68. The summed E-state index contributed by atoms with van der Waals surface area (Å²) < 4.78 is 11.1. The fraction of sp³-hybridized carbons (Fsp3) is 0.316. The summed E-state index contributed by atoms with van der Waals surface area (Å²) >= 11 is 0. The zero-order valence-electron chi connectivity index (χ0n) is 13.3. The van der Waals surface area contributed by atoms with Gasteiger partial charge in [-0.05, 0) is 42.2 Å². The molecule has 0 aromatic heterocycles. The molecule has 1 heterocycles. The molecule has 4 heteroatoms. The smallest absolute Gasteiger partial charge is 0.220 e. The molecule has 0 radical (unpaired) electrons. The molecule has 2 aromatic carbocycles. The Labute approximate surface area is 136 Å². The Hall–Kier alpha value is -2.49. The van der Waals surface area contributed by atoms with E-state index in [9.17, 15) is 4.79 Å². The predicted molar refractivity (Wildman–Crippen MR) is 88.8 cm³/mol. The van der Waals surface area contributed by atoms with Crippen LogP contribution >= 0.6 is 0 Å². The van der Waals surface area contributed by atoms with Crippen molar-refractivity contribution in [1.29, 1.82) is 0 Å². The maximum atomic E-state index is 12.0. The van der Waals surface area contributed by atoms with Crippen molar-refractivity contribution in [3.63, 3.8) is 0 Å². The molecule has 3 rings (SSSR count). The number of amides is 1. The minimum atomic E-state index is 0.0585. The molecule has 0 atom stereocenters. The van der Waals surface area contributed by atoms with Gasteiger partial charge < -0.3 is 14.8 Å². The number of rotatable bonds is 5. The fourth-order valence-electron chi connectivity index (χ4n) is 2.59. The van der Waals surface area contributed by atoms with E-state index in [-0.39, 0.29) is 5.91 Å². The second-order valence-corrected chi connectivity index (χ2v) is 5.68. The average Bonchev–Trinajstić information content (AvgIpc) is 2.59. The van der Waals surface area contributed by atoms with Crippen LogP contribution in [0.5, 0.6) is 11.5 Å². The number of hydrogen-bond donors (Lipinski definition) is 1. The highest BCUT2D eigenvalue weighted by atomic mass is 16.6. The van der Waals surface area contributed by atoms with Crippen LogP contribution in [0.3, 0.4) is 0 Å². The Bertz CT molecular complexity index is 697. The lowest BCUT2D eigenvalue weighted by Crippen LogP contribution is -2.23. The Morgan fingerprint density at radius 3 is 2.70 bits per heavy atom. The van der Waals surface area contributed by atoms with Crippen LogP contribution in [0.15, 0.2) is 42.5 Å². The molecule has 1 aliphatic heterocycles. The number of aryl methyl sites for hydroxylation is 2. The van der Waals surface area contributed by atoms with Gasteiger partial charge in [-0.3, -0.25) is 4.79 Å². The third-order valence-electron chi connectivity index (χ3n) is 3.98. The highest BCUT2D eigenvalue weighted by Gasteiger charge is 2.12. The number of fused-ring (bicyclic) bond motifs is 1. The Balaban J connectivity index is 1.50. The number of hydrogen-bond acceptors (Lipinski definition) is 3. The van der Waals surface area contributed by atoms with E-state index < -0.39 is 0 Å². The van der Waals surface area contributed by atoms with Crippen LogP contribution in [0.1, 0.15) is 23.1 Å². The van der Waals surface area contributed by atoms with Crippen molar-refractivity contribution in [3.05, 3.63) is 59.2 Å². The first-order valence-electron chi connectivity index (χ1n) is 7.92.